The van der Waals surface area contributed by atoms with Gasteiger partial charge in [-0.2, -0.15) is 0 Å². The van der Waals surface area contributed by atoms with Crippen LogP contribution in [0.5, 0.6) is 0 Å². The molecule has 2 aromatic rings. The zero-order valence-corrected chi connectivity index (χ0v) is 12.5. The van der Waals surface area contributed by atoms with Crippen LogP contribution in [0.15, 0.2) is 48.5 Å². The quantitative estimate of drug-likeness (QED) is 0.767. The lowest BCUT2D eigenvalue weighted by Crippen LogP contribution is -2.25. The summed E-state index contributed by atoms with van der Waals surface area (Å²) in [5.74, 6) is 0.0256. The lowest BCUT2D eigenvalue weighted by atomic mass is 10.1. The molecule has 0 aliphatic heterocycles. The van der Waals surface area contributed by atoms with E-state index >= 15 is 0 Å². The Bertz CT molecular complexity index is 592. The van der Waals surface area contributed by atoms with E-state index in [9.17, 15) is 4.79 Å². The highest BCUT2D eigenvalue weighted by Gasteiger charge is 2.12. The number of hydrogen-bond acceptors (Lipinski definition) is 2. The zero-order chi connectivity index (χ0) is 14.5. The van der Waals surface area contributed by atoms with Gasteiger partial charge in [-0.3, -0.25) is 4.79 Å². The van der Waals surface area contributed by atoms with Crippen LogP contribution in [-0.4, -0.2) is 19.4 Å². The van der Waals surface area contributed by atoms with Gasteiger partial charge in [-0.15, -0.1) is 0 Å². The number of ketones is 1. The molecular weight excluding hydrogens is 270 g/mol. The van der Waals surface area contributed by atoms with Gasteiger partial charge in [0, 0.05) is 18.3 Å². The molecule has 2 aromatic carbocycles. The number of carbonyl (C=O) groups is 1. The fourth-order valence-electron chi connectivity index (χ4n) is 2.07. The minimum Gasteiger partial charge on any atom is -0.367 e. The van der Waals surface area contributed by atoms with Crippen LogP contribution in [0.3, 0.4) is 0 Å². The average Bonchev–Trinajstić information content (AvgIpc) is 2.47. The highest BCUT2D eigenvalue weighted by Crippen LogP contribution is 2.18. The van der Waals surface area contributed by atoms with Gasteiger partial charge in [-0.1, -0.05) is 42.8 Å². The van der Waals surface area contributed by atoms with Crippen molar-refractivity contribution < 1.29 is 4.79 Å². The molecule has 0 amide bonds. The van der Waals surface area contributed by atoms with Crippen molar-refractivity contribution in [1.29, 1.82) is 0 Å². The van der Waals surface area contributed by atoms with E-state index in [1.807, 2.05) is 36.2 Å². The van der Waals surface area contributed by atoms with Crippen LogP contribution in [0.25, 0.3) is 0 Å². The fraction of sp³-hybridized carbons (Fsp3) is 0.235. The Morgan fingerprint density at radius 1 is 1.10 bits per heavy atom. The van der Waals surface area contributed by atoms with Gasteiger partial charge >= 0.3 is 0 Å². The second-order valence-corrected chi connectivity index (χ2v) is 5.19. The Balaban J connectivity index is 2.09. The van der Waals surface area contributed by atoms with Crippen LogP contribution in [0.1, 0.15) is 22.8 Å². The first-order valence-corrected chi connectivity index (χ1v) is 7.07. The third kappa shape index (κ3) is 3.40. The van der Waals surface area contributed by atoms with E-state index in [2.05, 4.69) is 19.1 Å². The number of halogens is 1. The van der Waals surface area contributed by atoms with Crippen molar-refractivity contribution in [2.24, 2.45) is 0 Å². The number of Topliss-reactive ketones (excluding diaryl/α,β-unsaturated/α-hetero) is 1. The molecule has 0 saturated carbocycles. The SMILES string of the molecule is CCc1ccc(N(C)CC(=O)c2ccccc2Cl)cc1. The predicted octanol–water partition coefficient (Wildman–Crippen LogP) is 4.22. The molecule has 2 nitrogen and oxygen atoms in total. The number of nitrogens with zero attached hydrogens (tertiary/aromatic N) is 1. The predicted molar refractivity (Wildman–Crippen MR) is 84.9 cm³/mol. The maximum Gasteiger partial charge on any atom is 0.183 e. The minimum atomic E-state index is 0.0256. The first-order chi connectivity index (χ1) is 9.61. The van der Waals surface area contributed by atoms with Crippen LogP contribution in [0, 0.1) is 0 Å². The fourth-order valence-corrected chi connectivity index (χ4v) is 2.31. The van der Waals surface area contributed by atoms with E-state index in [-0.39, 0.29) is 5.78 Å². The molecule has 0 radical (unpaired) electrons. The monoisotopic (exact) mass is 287 g/mol. The summed E-state index contributed by atoms with van der Waals surface area (Å²) >= 11 is 6.05. The van der Waals surface area contributed by atoms with Crippen LogP contribution in [-0.2, 0) is 6.42 Å². The molecule has 0 saturated heterocycles. The van der Waals surface area contributed by atoms with E-state index in [4.69, 9.17) is 11.6 Å². The van der Waals surface area contributed by atoms with E-state index in [1.54, 1.807) is 12.1 Å². The van der Waals surface area contributed by atoms with Gasteiger partial charge in [0.2, 0.25) is 0 Å². The lowest BCUT2D eigenvalue weighted by Gasteiger charge is -2.19. The van der Waals surface area contributed by atoms with Crippen LogP contribution < -0.4 is 4.90 Å². The van der Waals surface area contributed by atoms with Crippen molar-refractivity contribution in [3.05, 3.63) is 64.7 Å². The van der Waals surface area contributed by atoms with Gasteiger partial charge in [-0.25, -0.2) is 0 Å². The molecule has 0 fully saturated rings. The Morgan fingerprint density at radius 3 is 2.35 bits per heavy atom. The molecule has 2 rings (SSSR count). The summed E-state index contributed by atoms with van der Waals surface area (Å²) in [5.41, 5.74) is 2.90. The molecule has 0 aliphatic carbocycles. The zero-order valence-electron chi connectivity index (χ0n) is 11.8. The van der Waals surface area contributed by atoms with E-state index in [1.165, 1.54) is 5.56 Å². The second kappa shape index (κ2) is 6.58. The maximum atomic E-state index is 12.2. The third-order valence-corrected chi connectivity index (χ3v) is 3.67. The molecule has 0 aromatic heterocycles. The number of anilines is 1. The molecule has 0 unspecified atom stereocenters. The lowest BCUT2D eigenvalue weighted by molar-refractivity contribution is 0.100. The smallest absolute Gasteiger partial charge is 0.183 e. The van der Waals surface area contributed by atoms with Crippen molar-refractivity contribution in [3.63, 3.8) is 0 Å². The van der Waals surface area contributed by atoms with Gasteiger partial charge in [0.15, 0.2) is 5.78 Å². The van der Waals surface area contributed by atoms with Crippen molar-refractivity contribution in [2.45, 2.75) is 13.3 Å². The first-order valence-electron chi connectivity index (χ1n) is 6.69. The van der Waals surface area contributed by atoms with Crippen molar-refractivity contribution in [2.75, 3.05) is 18.5 Å². The minimum absolute atomic E-state index is 0.0256. The molecule has 0 spiro atoms. The molecule has 20 heavy (non-hydrogen) atoms. The summed E-state index contributed by atoms with van der Waals surface area (Å²) < 4.78 is 0. The molecule has 0 atom stereocenters. The highest BCUT2D eigenvalue weighted by molar-refractivity contribution is 6.34. The summed E-state index contributed by atoms with van der Waals surface area (Å²) in [6.07, 6.45) is 1.02. The summed E-state index contributed by atoms with van der Waals surface area (Å²) in [6, 6.07) is 15.4. The summed E-state index contributed by atoms with van der Waals surface area (Å²) in [7, 11) is 1.91. The average molecular weight is 288 g/mol. The van der Waals surface area contributed by atoms with E-state index in [0.29, 0.717) is 17.1 Å². The number of benzene rings is 2. The summed E-state index contributed by atoms with van der Waals surface area (Å²) in [4.78, 5) is 14.2. The molecule has 0 aliphatic rings. The van der Waals surface area contributed by atoms with Crippen LogP contribution >= 0.6 is 11.6 Å². The first kappa shape index (κ1) is 14.6. The van der Waals surface area contributed by atoms with E-state index in [0.717, 1.165) is 12.1 Å². The topological polar surface area (TPSA) is 20.3 Å². The number of likely N-dealkylation sites (N-methyl/N-ethyl adjacent to an activating group) is 1. The highest BCUT2D eigenvalue weighted by atomic mass is 35.5. The Hall–Kier alpha value is -1.80. The Labute approximate surface area is 125 Å². The molecule has 3 heteroatoms. The van der Waals surface area contributed by atoms with Crippen LogP contribution in [0.4, 0.5) is 5.69 Å². The van der Waals surface area contributed by atoms with Crippen molar-refractivity contribution in [1.82, 2.24) is 0 Å². The van der Waals surface area contributed by atoms with Gasteiger partial charge in [-0.05, 0) is 36.2 Å². The molecule has 0 heterocycles. The van der Waals surface area contributed by atoms with Gasteiger partial charge in [0.1, 0.15) is 0 Å². The summed E-state index contributed by atoms with van der Waals surface area (Å²) in [5, 5.41) is 0.507. The number of aryl methyl sites for hydroxylation is 1. The molecule has 0 bridgehead atoms. The number of rotatable bonds is 5. The second-order valence-electron chi connectivity index (χ2n) is 4.78. The molecule has 0 N–H and O–H groups in total. The van der Waals surface area contributed by atoms with Crippen molar-refractivity contribution >= 4 is 23.1 Å². The standard InChI is InChI=1S/C17H18ClNO/c1-3-13-8-10-14(11-9-13)19(2)12-17(20)15-6-4-5-7-16(15)18/h4-11H,3,12H2,1-2H3. The van der Waals surface area contributed by atoms with Crippen molar-refractivity contribution in [3.8, 4) is 0 Å². The Kier molecular flexibility index (Phi) is 4.80. The number of hydrogen-bond donors (Lipinski definition) is 0. The third-order valence-electron chi connectivity index (χ3n) is 3.34. The molecule has 104 valence electrons. The van der Waals surface area contributed by atoms with Crippen LogP contribution in [0.2, 0.25) is 5.02 Å². The Morgan fingerprint density at radius 2 is 1.75 bits per heavy atom. The molecular formula is C17H18ClNO. The normalized spacial score (nSPS) is 10.3. The number of carbonyl (C=O) groups excluding carboxylic acids is 1. The van der Waals surface area contributed by atoms with Gasteiger partial charge in [0.25, 0.3) is 0 Å². The maximum absolute atomic E-state index is 12.2. The van der Waals surface area contributed by atoms with Gasteiger partial charge < -0.3 is 4.90 Å². The van der Waals surface area contributed by atoms with Gasteiger partial charge in [0.05, 0.1) is 11.6 Å². The largest absolute Gasteiger partial charge is 0.367 e. The summed E-state index contributed by atoms with van der Waals surface area (Å²) in [6.45, 7) is 2.44. The van der Waals surface area contributed by atoms with E-state index < -0.39 is 0 Å².